The van der Waals surface area contributed by atoms with E-state index < -0.39 is 11.6 Å². The molecule has 3 aromatic rings. The quantitative estimate of drug-likeness (QED) is 0.547. The summed E-state index contributed by atoms with van der Waals surface area (Å²) in [5.41, 5.74) is 0.527. The third-order valence-corrected chi connectivity index (χ3v) is 4.52. The second-order valence-electron chi connectivity index (χ2n) is 6.66. The van der Waals surface area contributed by atoms with Gasteiger partial charge in [-0.3, -0.25) is 0 Å². The Morgan fingerprint density at radius 1 is 1.14 bits per heavy atom. The van der Waals surface area contributed by atoms with Gasteiger partial charge in [0.25, 0.3) is 0 Å². The number of rotatable bonds is 9. The van der Waals surface area contributed by atoms with Crippen LogP contribution < -0.4 is 9.47 Å². The fourth-order valence-electron chi connectivity index (χ4n) is 2.55. The molecule has 1 atom stereocenters. The van der Waals surface area contributed by atoms with E-state index in [0.717, 1.165) is 11.3 Å². The third kappa shape index (κ3) is 5.25. The number of aromatic nitrogens is 1. The van der Waals surface area contributed by atoms with Crippen LogP contribution in [-0.4, -0.2) is 28.4 Å². The van der Waals surface area contributed by atoms with Gasteiger partial charge < -0.3 is 19.1 Å². The van der Waals surface area contributed by atoms with Crippen molar-refractivity contribution in [3.8, 4) is 22.8 Å². The molecule has 0 amide bonds. The fraction of sp³-hybridized carbons (Fsp3) is 0.217. The summed E-state index contributed by atoms with van der Waals surface area (Å²) in [6, 6.07) is 18.5. The van der Waals surface area contributed by atoms with Crippen LogP contribution in [0.25, 0.3) is 17.3 Å². The standard InChI is InChI=1S/C23H23NO5/c1-3-23(2,22(25)26)28-19-13-11-18(12-14-19)27-15-7-10-20-16-21(24-29-20)17-8-5-4-6-9-17/h4-14,16H,3,15H2,1-2H3,(H,25,26)/b10-7+. The van der Waals surface area contributed by atoms with Gasteiger partial charge in [0.1, 0.15) is 23.8 Å². The molecule has 0 aliphatic carbocycles. The molecular weight excluding hydrogens is 370 g/mol. The van der Waals surface area contributed by atoms with E-state index in [1.165, 1.54) is 0 Å². The van der Waals surface area contributed by atoms with Crippen LogP contribution in [0.1, 0.15) is 26.0 Å². The highest BCUT2D eigenvalue weighted by Gasteiger charge is 2.33. The number of benzene rings is 2. The highest BCUT2D eigenvalue weighted by atomic mass is 16.5. The molecule has 0 fully saturated rings. The maximum Gasteiger partial charge on any atom is 0.347 e. The van der Waals surface area contributed by atoms with E-state index in [9.17, 15) is 9.90 Å². The van der Waals surface area contributed by atoms with Crippen molar-refractivity contribution in [3.63, 3.8) is 0 Å². The summed E-state index contributed by atoms with van der Waals surface area (Å²) in [6.07, 6.45) is 3.99. The molecule has 2 aromatic carbocycles. The van der Waals surface area contributed by atoms with E-state index in [1.54, 1.807) is 44.2 Å². The monoisotopic (exact) mass is 393 g/mol. The Balaban J connectivity index is 1.52. The third-order valence-electron chi connectivity index (χ3n) is 4.52. The zero-order chi connectivity index (χ0) is 20.7. The average molecular weight is 393 g/mol. The minimum absolute atomic E-state index is 0.351. The molecule has 0 spiro atoms. The van der Waals surface area contributed by atoms with Gasteiger partial charge >= 0.3 is 5.97 Å². The molecule has 1 unspecified atom stereocenters. The summed E-state index contributed by atoms with van der Waals surface area (Å²) >= 11 is 0. The molecule has 150 valence electrons. The number of hydrogen-bond acceptors (Lipinski definition) is 5. The highest BCUT2D eigenvalue weighted by molar-refractivity contribution is 5.77. The lowest BCUT2D eigenvalue weighted by atomic mass is 10.0. The number of aliphatic carboxylic acids is 1. The van der Waals surface area contributed by atoms with Crippen LogP contribution in [0.15, 0.2) is 71.3 Å². The average Bonchev–Trinajstić information content (AvgIpc) is 3.22. The molecule has 0 saturated carbocycles. The maximum atomic E-state index is 11.3. The van der Waals surface area contributed by atoms with Gasteiger partial charge in [0.05, 0.1) is 0 Å². The summed E-state index contributed by atoms with van der Waals surface area (Å²) in [6.45, 7) is 3.68. The van der Waals surface area contributed by atoms with Crippen molar-refractivity contribution >= 4 is 12.0 Å². The molecule has 29 heavy (non-hydrogen) atoms. The van der Waals surface area contributed by atoms with Crippen molar-refractivity contribution in [1.82, 2.24) is 5.16 Å². The van der Waals surface area contributed by atoms with E-state index in [2.05, 4.69) is 5.16 Å². The van der Waals surface area contributed by atoms with Crippen molar-refractivity contribution in [1.29, 1.82) is 0 Å². The van der Waals surface area contributed by atoms with Gasteiger partial charge in [-0.05, 0) is 49.8 Å². The molecule has 1 aromatic heterocycles. The van der Waals surface area contributed by atoms with Crippen LogP contribution in [0.3, 0.4) is 0 Å². The summed E-state index contributed by atoms with van der Waals surface area (Å²) < 4.78 is 16.6. The predicted octanol–water partition coefficient (Wildman–Crippen LogP) is 5.07. The molecule has 0 aliphatic rings. The van der Waals surface area contributed by atoms with Gasteiger partial charge in [-0.25, -0.2) is 4.79 Å². The van der Waals surface area contributed by atoms with E-state index in [4.69, 9.17) is 14.0 Å². The number of carboxylic acids is 1. The van der Waals surface area contributed by atoms with Crippen molar-refractivity contribution < 1.29 is 23.9 Å². The Labute approximate surface area is 169 Å². The second-order valence-corrected chi connectivity index (χ2v) is 6.66. The zero-order valence-electron chi connectivity index (χ0n) is 16.4. The first-order valence-corrected chi connectivity index (χ1v) is 9.34. The molecule has 3 rings (SSSR count). The molecule has 0 bridgehead atoms. The molecule has 0 radical (unpaired) electrons. The molecule has 0 saturated heterocycles. The SMILES string of the molecule is CCC(C)(Oc1ccc(OC/C=C/c2cc(-c3ccccc3)no2)cc1)C(=O)O. The first-order chi connectivity index (χ1) is 14.0. The van der Waals surface area contributed by atoms with Gasteiger partial charge in [-0.2, -0.15) is 0 Å². The minimum Gasteiger partial charge on any atom is -0.490 e. The van der Waals surface area contributed by atoms with Crippen LogP contribution in [0.5, 0.6) is 11.5 Å². The summed E-state index contributed by atoms with van der Waals surface area (Å²) in [7, 11) is 0. The minimum atomic E-state index is -1.25. The Bertz CT molecular complexity index is 962. The van der Waals surface area contributed by atoms with Crippen LogP contribution in [-0.2, 0) is 4.79 Å². The van der Waals surface area contributed by atoms with E-state index in [-0.39, 0.29) is 0 Å². The van der Waals surface area contributed by atoms with E-state index >= 15 is 0 Å². The van der Waals surface area contributed by atoms with Crippen LogP contribution in [0.4, 0.5) is 0 Å². The largest absolute Gasteiger partial charge is 0.490 e. The van der Waals surface area contributed by atoms with E-state index in [1.807, 2.05) is 42.5 Å². The van der Waals surface area contributed by atoms with Gasteiger partial charge in [0, 0.05) is 11.6 Å². The normalized spacial score (nSPS) is 13.2. The van der Waals surface area contributed by atoms with Gasteiger partial charge in [0.15, 0.2) is 5.76 Å². The van der Waals surface area contributed by atoms with E-state index in [0.29, 0.717) is 30.3 Å². The lowest BCUT2D eigenvalue weighted by molar-refractivity contribution is -0.154. The van der Waals surface area contributed by atoms with Crippen LogP contribution in [0.2, 0.25) is 0 Å². The highest BCUT2D eigenvalue weighted by Crippen LogP contribution is 2.24. The Morgan fingerprint density at radius 3 is 2.48 bits per heavy atom. The first-order valence-electron chi connectivity index (χ1n) is 9.34. The number of carboxylic acid groups (broad SMARTS) is 1. The molecule has 6 nitrogen and oxygen atoms in total. The summed E-state index contributed by atoms with van der Waals surface area (Å²) in [5, 5.41) is 13.3. The number of carbonyl (C=O) groups is 1. The van der Waals surface area contributed by atoms with Crippen molar-refractivity contribution in [3.05, 3.63) is 72.5 Å². The number of hydrogen-bond donors (Lipinski definition) is 1. The Hall–Kier alpha value is -3.54. The van der Waals surface area contributed by atoms with Crippen molar-refractivity contribution in [2.75, 3.05) is 6.61 Å². The molecule has 1 heterocycles. The lowest BCUT2D eigenvalue weighted by Crippen LogP contribution is -2.40. The van der Waals surface area contributed by atoms with Gasteiger partial charge in [-0.1, -0.05) is 42.4 Å². The molecular formula is C23H23NO5. The molecule has 6 heteroatoms. The van der Waals surface area contributed by atoms with Crippen molar-refractivity contribution in [2.45, 2.75) is 25.9 Å². The van der Waals surface area contributed by atoms with Crippen molar-refractivity contribution in [2.24, 2.45) is 0 Å². The lowest BCUT2D eigenvalue weighted by Gasteiger charge is -2.24. The zero-order valence-corrected chi connectivity index (χ0v) is 16.4. The van der Waals surface area contributed by atoms with Crippen LogP contribution in [0, 0.1) is 0 Å². The summed E-state index contributed by atoms with van der Waals surface area (Å²) in [4.78, 5) is 11.3. The summed E-state index contributed by atoms with van der Waals surface area (Å²) in [5.74, 6) is 0.782. The fourth-order valence-corrected chi connectivity index (χ4v) is 2.55. The number of ether oxygens (including phenoxy) is 2. The number of nitrogens with zero attached hydrogens (tertiary/aromatic N) is 1. The predicted molar refractivity (Wildman–Crippen MR) is 110 cm³/mol. The second kappa shape index (κ2) is 9.10. The molecule has 1 N–H and O–H groups in total. The Kier molecular flexibility index (Phi) is 6.34. The van der Waals surface area contributed by atoms with Gasteiger partial charge in [0.2, 0.25) is 5.60 Å². The maximum absolute atomic E-state index is 11.3. The smallest absolute Gasteiger partial charge is 0.347 e. The topological polar surface area (TPSA) is 81.8 Å². The van der Waals surface area contributed by atoms with Gasteiger partial charge in [-0.15, -0.1) is 0 Å². The molecule has 0 aliphatic heterocycles. The van der Waals surface area contributed by atoms with Crippen LogP contribution >= 0.6 is 0 Å². The first kappa shape index (κ1) is 20.2. The Morgan fingerprint density at radius 2 is 1.83 bits per heavy atom.